The van der Waals surface area contributed by atoms with Crippen LogP contribution in [0.2, 0.25) is 0 Å². The van der Waals surface area contributed by atoms with Gasteiger partial charge < -0.3 is 19.6 Å². The number of carbonyl (C=O) groups excluding carboxylic acids is 1. The van der Waals surface area contributed by atoms with Gasteiger partial charge in [0.25, 0.3) is 0 Å². The maximum absolute atomic E-state index is 12.5. The fourth-order valence-electron chi connectivity index (χ4n) is 3.00. The highest BCUT2D eigenvalue weighted by Gasteiger charge is 2.47. The average Bonchev–Trinajstić information content (AvgIpc) is 2.70. The highest BCUT2D eigenvalue weighted by atomic mass is 16.5. The number of urea groups is 1. The first-order valence-corrected chi connectivity index (χ1v) is 6.80. The van der Waals surface area contributed by atoms with Crippen molar-refractivity contribution in [1.29, 1.82) is 0 Å². The first-order valence-electron chi connectivity index (χ1n) is 6.80. The number of carboxylic acid groups (broad SMARTS) is 1. The summed E-state index contributed by atoms with van der Waals surface area (Å²) in [4.78, 5) is 27.2. The Morgan fingerprint density at radius 3 is 2.37 bits per heavy atom. The summed E-state index contributed by atoms with van der Waals surface area (Å²) in [7, 11) is 0. The van der Waals surface area contributed by atoms with Crippen LogP contribution in [0.1, 0.15) is 33.6 Å². The minimum Gasteiger partial charge on any atom is -0.480 e. The smallest absolute Gasteiger partial charge is 0.329 e. The van der Waals surface area contributed by atoms with E-state index in [-0.39, 0.29) is 18.2 Å². The van der Waals surface area contributed by atoms with Gasteiger partial charge in [-0.05, 0) is 33.6 Å². The lowest BCUT2D eigenvalue weighted by Crippen LogP contribution is -2.58. The van der Waals surface area contributed by atoms with Gasteiger partial charge in [-0.25, -0.2) is 9.59 Å². The SMILES string of the molecule is C[C@@H]1CN(C(=O)N2CCCC2(C)C(=O)O)C[C@H](C)O1. The summed E-state index contributed by atoms with van der Waals surface area (Å²) < 4.78 is 5.60. The van der Waals surface area contributed by atoms with Gasteiger partial charge in [0.05, 0.1) is 12.2 Å². The molecule has 2 fully saturated rings. The second-order valence-corrected chi connectivity index (χ2v) is 5.78. The molecule has 2 saturated heterocycles. The molecule has 0 radical (unpaired) electrons. The van der Waals surface area contributed by atoms with Crippen molar-refractivity contribution < 1.29 is 19.4 Å². The summed E-state index contributed by atoms with van der Waals surface area (Å²) in [5.41, 5.74) is -1.07. The van der Waals surface area contributed by atoms with Gasteiger partial charge in [-0.2, -0.15) is 0 Å². The molecule has 0 aromatic rings. The molecule has 0 bridgehead atoms. The molecule has 2 amide bonds. The van der Waals surface area contributed by atoms with Crippen LogP contribution in [0.4, 0.5) is 4.79 Å². The Labute approximate surface area is 113 Å². The maximum atomic E-state index is 12.5. The van der Waals surface area contributed by atoms with Crippen LogP contribution in [0.5, 0.6) is 0 Å². The second kappa shape index (κ2) is 5.00. The molecular weight excluding hydrogens is 248 g/mol. The van der Waals surface area contributed by atoms with Gasteiger partial charge in [0.1, 0.15) is 5.54 Å². The molecule has 1 N–H and O–H groups in total. The van der Waals surface area contributed by atoms with E-state index >= 15 is 0 Å². The number of carbonyl (C=O) groups is 2. The van der Waals surface area contributed by atoms with E-state index in [1.165, 1.54) is 4.90 Å². The Morgan fingerprint density at radius 2 is 1.84 bits per heavy atom. The van der Waals surface area contributed by atoms with Crippen molar-refractivity contribution in [3.05, 3.63) is 0 Å². The molecule has 2 rings (SSSR count). The molecule has 2 heterocycles. The predicted octanol–water partition coefficient (Wildman–Crippen LogP) is 1.15. The molecule has 0 aromatic carbocycles. The van der Waals surface area contributed by atoms with Gasteiger partial charge in [0.15, 0.2) is 0 Å². The molecule has 1 unspecified atom stereocenters. The monoisotopic (exact) mass is 270 g/mol. The van der Waals surface area contributed by atoms with Gasteiger partial charge in [-0.3, -0.25) is 0 Å². The molecule has 6 nitrogen and oxygen atoms in total. The van der Waals surface area contributed by atoms with E-state index in [1.807, 2.05) is 13.8 Å². The molecule has 108 valence electrons. The Morgan fingerprint density at radius 1 is 1.26 bits per heavy atom. The van der Waals surface area contributed by atoms with Gasteiger partial charge >= 0.3 is 12.0 Å². The zero-order chi connectivity index (χ0) is 14.2. The third-order valence-corrected chi connectivity index (χ3v) is 4.02. The summed E-state index contributed by atoms with van der Waals surface area (Å²) in [5, 5.41) is 9.36. The van der Waals surface area contributed by atoms with Gasteiger partial charge in [-0.1, -0.05) is 0 Å². The Hall–Kier alpha value is -1.30. The van der Waals surface area contributed by atoms with Crippen LogP contribution in [-0.2, 0) is 9.53 Å². The van der Waals surface area contributed by atoms with Crippen molar-refractivity contribution in [2.75, 3.05) is 19.6 Å². The van der Waals surface area contributed by atoms with E-state index in [0.717, 1.165) is 6.42 Å². The minimum atomic E-state index is -1.07. The lowest BCUT2D eigenvalue weighted by Gasteiger charge is -2.40. The summed E-state index contributed by atoms with van der Waals surface area (Å²) in [6, 6.07) is -0.176. The number of carboxylic acids is 1. The molecule has 0 aromatic heterocycles. The zero-order valence-electron chi connectivity index (χ0n) is 11.8. The average molecular weight is 270 g/mol. The van der Waals surface area contributed by atoms with E-state index in [2.05, 4.69) is 0 Å². The summed E-state index contributed by atoms with van der Waals surface area (Å²) in [5.74, 6) is -0.923. The van der Waals surface area contributed by atoms with Crippen LogP contribution in [-0.4, -0.2) is 64.3 Å². The van der Waals surface area contributed by atoms with E-state index in [1.54, 1.807) is 11.8 Å². The number of rotatable bonds is 1. The van der Waals surface area contributed by atoms with E-state index in [0.29, 0.717) is 26.1 Å². The van der Waals surface area contributed by atoms with E-state index in [4.69, 9.17) is 4.74 Å². The fourth-order valence-corrected chi connectivity index (χ4v) is 3.00. The first kappa shape index (κ1) is 14.1. The molecule has 2 aliphatic rings. The standard InChI is InChI=1S/C13H22N2O4/c1-9-7-14(8-10(2)19-9)12(18)15-6-4-5-13(15,3)11(16)17/h9-10H,4-8H2,1-3H3,(H,16,17)/t9-,10+,13?. The number of ether oxygens (including phenoxy) is 1. The van der Waals surface area contributed by atoms with Crippen LogP contribution < -0.4 is 0 Å². The van der Waals surface area contributed by atoms with Crippen molar-refractivity contribution in [3.8, 4) is 0 Å². The van der Waals surface area contributed by atoms with Gasteiger partial charge in [0.2, 0.25) is 0 Å². The van der Waals surface area contributed by atoms with Crippen molar-refractivity contribution >= 4 is 12.0 Å². The van der Waals surface area contributed by atoms with Gasteiger partial charge in [-0.15, -0.1) is 0 Å². The zero-order valence-corrected chi connectivity index (χ0v) is 11.8. The Bertz CT molecular complexity index is 377. The Kier molecular flexibility index (Phi) is 3.71. The number of hydrogen-bond donors (Lipinski definition) is 1. The molecule has 2 aliphatic heterocycles. The van der Waals surface area contributed by atoms with Crippen molar-refractivity contribution in [3.63, 3.8) is 0 Å². The van der Waals surface area contributed by atoms with Crippen LogP contribution >= 0.6 is 0 Å². The highest BCUT2D eigenvalue weighted by Crippen LogP contribution is 2.30. The lowest BCUT2D eigenvalue weighted by atomic mass is 9.99. The van der Waals surface area contributed by atoms with Crippen molar-refractivity contribution in [2.24, 2.45) is 0 Å². The molecule has 3 atom stereocenters. The van der Waals surface area contributed by atoms with Gasteiger partial charge in [0, 0.05) is 19.6 Å². The molecule has 6 heteroatoms. The number of nitrogens with zero attached hydrogens (tertiary/aromatic N) is 2. The van der Waals surface area contributed by atoms with E-state index < -0.39 is 11.5 Å². The number of aliphatic carboxylic acids is 1. The topological polar surface area (TPSA) is 70.1 Å². The van der Waals surface area contributed by atoms with Crippen LogP contribution in [0.25, 0.3) is 0 Å². The molecule has 19 heavy (non-hydrogen) atoms. The maximum Gasteiger partial charge on any atom is 0.329 e. The quantitative estimate of drug-likeness (QED) is 0.776. The number of amides is 2. The third-order valence-electron chi connectivity index (χ3n) is 4.02. The molecule has 0 spiro atoms. The normalized spacial score (nSPS) is 35.5. The van der Waals surface area contributed by atoms with E-state index in [9.17, 15) is 14.7 Å². The molecule has 0 aliphatic carbocycles. The van der Waals surface area contributed by atoms with Crippen molar-refractivity contribution in [1.82, 2.24) is 9.80 Å². The Balaban J connectivity index is 2.13. The van der Waals surface area contributed by atoms with Crippen LogP contribution in [0.15, 0.2) is 0 Å². The third kappa shape index (κ3) is 2.54. The summed E-state index contributed by atoms with van der Waals surface area (Å²) in [6.45, 7) is 7.05. The first-order chi connectivity index (χ1) is 8.84. The van der Waals surface area contributed by atoms with Crippen LogP contribution in [0, 0.1) is 0 Å². The summed E-state index contributed by atoms with van der Waals surface area (Å²) in [6.07, 6.45) is 1.24. The fraction of sp³-hybridized carbons (Fsp3) is 0.846. The number of morpholine rings is 1. The molecular formula is C13H22N2O4. The number of likely N-dealkylation sites (tertiary alicyclic amines) is 1. The summed E-state index contributed by atoms with van der Waals surface area (Å²) >= 11 is 0. The molecule has 0 saturated carbocycles. The second-order valence-electron chi connectivity index (χ2n) is 5.78. The predicted molar refractivity (Wildman–Crippen MR) is 69.0 cm³/mol. The van der Waals surface area contributed by atoms with Crippen LogP contribution in [0.3, 0.4) is 0 Å². The van der Waals surface area contributed by atoms with Crippen molar-refractivity contribution in [2.45, 2.75) is 51.4 Å². The lowest BCUT2D eigenvalue weighted by molar-refractivity contribution is -0.147. The highest BCUT2D eigenvalue weighted by molar-refractivity contribution is 5.86. The largest absolute Gasteiger partial charge is 0.480 e. The minimum absolute atomic E-state index is 0.00797. The number of hydrogen-bond acceptors (Lipinski definition) is 3.